The molecule has 2 aliphatic carbocycles. The van der Waals surface area contributed by atoms with Crippen LogP contribution in [0.5, 0.6) is 0 Å². The molecule has 0 heterocycles. The van der Waals surface area contributed by atoms with Crippen LogP contribution in [0.1, 0.15) is 57.8 Å². The summed E-state index contributed by atoms with van der Waals surface area (Å²) in [6.45, 7) is 0.956. The van der Waals surface area contributed by atoms with Crippen LogP contribution in [0.25, 0.3) is 0 Å². The number of hydrogen-bond acceptors (Lipinski definition) is 1. The third-order valence-electron chi connectivity index (χ3n) is 4.48. The van der Waals surface area contributed by atoms with Crippen molar-refractivity contribution in [2.24, 2.45) is 17.1 Å². The molecule has 2 N–H and O–H groups in total. The first kappa shape index (κ1) is 9.51. The van der Waals surface area contributed by atoms with E-state index in [0.29, 0.717) is 5.41 Å². The molecule has 0 aromatic rings. The van der Waals surface area contributed by atoms with Crippen molar-refractivity contribution in [1.29, 1.82) is 0 Å². The predicted octanol–water partition coefficient (Wildman–Crippen LogP) is 3.09. The van der Waals surface area contributed by atoms with Crippen LogP contribution in [0, 0.1) is 11.3 Å². The predicted molar refractivity (Wildman–Crippen MR) is 56.5 cm³/mol. The van der Waals surface area contributed by atoms with E-state index >= 15 is 0 Å². The highest BCUT2D eigenvalue weighted by Gasteiger charge is 2.39. The van der Waals surface area contributed by atoms with E-state index in [1.54, 1.807) is 0 Å². The zero-order valence-electron chi connectivity index (χ0n) is 8.73. The van der Waals surface area contributed by atoms with E-state index in [1.807, 2.05) is 0 Å². The first-order valence-electron chi connectivity index (χ1n) is 6.07. The fraction of sp³-hybridized carbons (Fsp3) is 1.00. The number of rotatable bonds is 2. The first-order chi connectivity index (χ1) is 6.37. The Kier molecular flexibility index (Phi) is 2.92. The molecule has 0 atom stereocenters. The topological polar surface area (TPSA) is 26.0 Å². The summed E-state index contributed by atoms with van der Waals surface area (Å²) >= 11 is 0. The van der Waals surface area contributed by atoms with Crippen LogP contribution in [-0.2, 0) is 0 Å². The minimum absolute atomic E-state index is 0.578. The third kappa shape index (κ3) is 1.76. The standard InChI is InChI=1S/C12H23N/c13-10-12(8-4-1-5-9-12)11-6-2-3-7-11/h11H,1-10,13H2. The average molecular weight is 181 g/mol. The van der Waals surface area contributed by atoms with Gasteiger partial charge in [0.1, 0.15) is 0 Å². The summed E-state index contributed by atoms with van der Waals surface area (Å²) in [5, 5.41) is 0. The lowest BCUT2D eigenvalue weighted by atomic mass is 9.65. The lowest BCUT2D eigenvalue weighted by molar-refractivity contribution is 0.109. The Morgan fingerprint density at radius 1 is 0.923 bits per heavy atom. The van der Waals surface area contributed by atoms with E-state index in [9.17, 15) is 0 Å². The second-order valence-corrected chi connectivity index (χ2v) is 5.11. The Hall–Kier alpha value is -0.0400. The Labute approximate surface area is 82.1 Å². The molecule has 0 saturated heterocycles. The van der Waals surface area contributed by atoms with E-state index in [-0.39, 0.29) is 0 Å². The van der Waals surface area contributed by atoms with Gasteiger partial charge < -0.3 is 5.73 Å². The van der Waals surface area contributed by atoms with Gasteiger partial charge in [0, 0.05) is 0 Å². The minimum atomic E-state index is 0.578. The Morgan fingerprint density at radius 3 is 2.08 bits per heavy atom. The van der Waals surface area contributed by atoms with Crippen LogP contribution in [0.2, 0.25) is 0 Å². The summed E-state index contributed by atoms with van der Waals surface area (Å²) in [4.78, 5) is 0. The Bertz CT molecular complexity index is 153. The smallest absolute Gasteiger partial charge is 0.00179 e. The monoisotopic (exact) mass is 181 g/mol. The van der Waals surface area contributed by atoms with Gasteiger partial charge in [-0.2, -0.15) is 0 Å². The lowest BCUT2D eigenvalue weighted by Crippen LogP contribution is -2.38. The van der Waals surface area contributed by atoms with Crippen molar-refractivity contribution >= 4 is 0 Å². The van der Waals surface area contributed by atoms with Crippen LogP contribution in [0.15, 0.2) is 0 Å². The molecule has 2 rings (SSSR count). The summed E-state index contributed by atoms with van der Waals surface area (Å²) < 4.78 is 0. The molecule has 0 radical (unpaired) electrons. The van der Waals surface area contributed by atoms with Crippen LogP contribution in [-0.4, -0.2) is 6.54 Å². The maximum Gasteiger partial charge on any atom is -0.00179 e. The highest BCUT2D eigenvalue weighted by molar-refractivity contribution is 4.91. The van der Waals surface area contributed by atoms with Crippen molar-refractivity contribution in [3.8, 4) is 0 Å². The third-order valence-corrected chi connectivity index (χ3v) is 4.48. The van der Waals surface area contributed by atoms with E-state index < -0.39 is 0 Å². The molecule has 0 aromatic heterocycles. The minimum Gasteiger partial charge on any atom is -0.330 e. The van der Waals surface area contributed by atoms with Crippen LogP contribution >= 0.6 is 0 Å². The van der Waals surface area contributed by atoms with Gasteiger partial charge in [0.2, 0.25) is 0 Å². The molecule has 2 fully saturated rings. The largest absolute Gasteiger partial charge is 0.330 e. The summed E-state index contributed by atoms with van der Waals surface area (Å²) in [5.74, 6) is 0.984. The van der Waals surface area contributed by atoms with Crippen LogP contribution < -0.4 is 5.73 Å². The summed E-state index contributed by atoms with van der Waals surface area (Å²) in [5.41, 5.74) is 6.60. The van der Waals surface area contributed by atoms with Crippen molar-refractivity contribution < 1.29 is 0 Å². The van der Waals surface area contributed by atoms with Gasteiger partial charge >= 0.3 is 0 Å². The molecule has 0 aliphatic heterocycles. The molecule has 0 unspecified atom stereocenters. The Balaban J connectivity index is 2.03. The number of hydrogen-bond donors (Lipinski definition) is 1. The molecule has 0 bridgehead atoms. The van der Waals surface area contributed by atoms with Crippen molar-refractivity contribution in [3.63, 3.8) is 0 Å². The van der Waals surface area contributed by atoms with Gasteiger partial charge in [-0.25, -0.2) is 0 Å². The quantitative estimate of drug-likeness (QED) is 0.696. The number of nitrogens with two attached hydrogens (primary N) is 1. The summed E-state index contributed by atoms with van der Waals surface area (Å²) in [7, 11) is 0. The molecule has 0 amide bonds. The van der Waals surface area contributed by atoms with Crippen LogP contribution in [0.3, 0.4) is 0 Å². The zero-order chi connectivity index (χ0) is 9.15. The molecule has 1 heteroatoms. The molecule has 13 heavy (non-hydrogen) atoms. The molecule has 1 nitrogen and oxygen atoms in total. The van der Waals surface area contributed by atoms with Crippen molar-refractivity contribution in [2.45, 2.75) is 57.8 Å². The zero-order valence-corrected chi connectivity index (χ0v) is 8.73. The van der Waals surface area contributed by atoms with Crippen LogP contribution in [0.4, 0.5) is 0 Å². The van der Waals surface area contributed by atoms with Gasteiger partial charge in [-0.15, -0.1) is 0 Å². The van der Waals surface area contributed by atoms with Crippen molar-refractivity contribution in [3.05, 3.63) is 0 Å². The SMILES string of the molecule is NCC1(C2CCCC2)CCCCC1. The first-order valence-corrected chi connectivity index (χ1v) is 6.07. The van der Waals surface area contributed by atoms with Crippen molar-refractivity contribution in [1.82, 2.24) is 0 Å². The molecular formula is C12H23N. The lowest BCUT2D eigenvalue weighted by Gasteiger charge is -2.41. The molecule has 2 saturated carbocycles. The van der Waals surface area contributed by atoms with Gasteiger partial charge in [0.15, 0.2) is 0 Å². The highest BCUT2D eigenvalue weighted by Crippen LogP contribution is 2.48. The average Bonchev–Trinajstić information content (AvgIpc) is 2.72. The fourth-order valence-electron chi connectivity index (χ4n) is 3.57. The van der Waals surface area contributed by atoms with E-state index in [4.69, 9.17) is 5.73 Å². The second kappa shape index (κ2) is 4.00. The second-order valence-electron chi connectivity index (χ2n) is 5.11. The van der Waals surface area contributed by atoms with Crippen molar-refractivity contribution in [2.75, 3.05) is 6.54 Å². The van der Waals surface area contributed by atoms with E-state index in [2.05, 4.69) is 0 Å². The maximum absolute atomic E-state index is 6.02. The summed E-state index contributed by atoms with van der Waals surface area (Å²) in [6.07, 6.45) is 13.0. The normalized spacial score (nSPS) is 29.3. The molecule has 0 spiro atoms. The van der Waals surface area contributed by atoms with E-state index in [0.717, 1.165) is 12.5 Å². The Morgan fingerprint density at radius 2 is 1.54 bits per heavy atom. The molecule has 0 aromatic carbocycles. The van der Waals surface area contributed by atoms with Gasteiger partial charge in [-0.05, 0) is 43.6 Å². The summed E-state index contributed by atoms with van der Waals surface area (Å²) in [6, 6.07) is 0. The van der Waals surface area contributed by atoms with Gasteiger partial charge in [0.05, 0.1) is 0 Å². The molecule has 2 aliphatic rings. The molecule has 76 valence electrons. The van der Waals surface area contributed by atoms with E-state index in [1.165, 1.54) is 57.8 Å². The molecular weight excluding hydrogens is 158 g/mol. The van der Waals surface area contributed by atoms with Gasteiger partial charge in [-0.3, -0.25) is 0 Å². The fourth-order valence-corrected chi connectivity index (χ4v) is 3.57. The van der Waals surface area contributed by atoms with Gasteiger partial charge in [0.25, 0.3) is 0 Å². The maximum atomic E-state index is 6.02. The highest BCUT2D eigenvalue weighted by atomic mass is 14.6. The van der Waals surface area contributed by atoms with Gasteiger partial charge in [-0.1, -0.05) is 32.1 Å².